The zero-order valence-corrected chi connectivity index (χ0v) is 19.5. The van der Waals surface area contributed by atoms with Crippen LogP contribution in [0.5, 0.6) is 5.75 Å². The summed E-state index contributed by atoms with van der Waals surface area (Å²) < 4.78 is 7.36. The summed E-state index contributed by atoms with van der Waals surface area (Å²) in [5.74, 6) is -1.04. The van der Waals surface area contributed by atoms with Gasteiger partial charge in [-0.3, -0.25) is 14.8 Å². The Morgan fingerprint density at radius 3 is 2.56 bits per heavy atom. The van der Waals surface area contributed by atoms with Gasteiger partial charge in [0.1, 0.15) is 17.9 Å². The van der Waals surface area contributed by atoms with Crippen molar-refractivity contribution in [2.75, 3.05) is 26.2 Å². The summed E-state index contributed by atoms with van der Waals surface area (Å²) in [6, 6.07) is 5.03. The molecule has 8 nitrogen and oxygen atoms in total. The number of rotatable bonds is 9. The van der Waals surface area contributed by atoms with Crippen LogP contribution in [-0.4, -0.2) is 52.7 Å². The van der Waals surface area contributed by atoms with Gasteiger partial charge in [0.05, 0.1) is 10.0 Å². The quantitative estimate of drug-likeness (QED) is 0.288. The van der Waals surface area contributed by atoms with E-state index in [0.717, 1.165) is 26.1 Å². The molecule has 1 fully saturated rings. The lowest BCUT2D eigenvalue weighted by Gasteiger charge is -2.26. The highest BCUT2D eigenvalue weighted by Gasteiger charge is 2.26. The number of hydrogen-bond acceptors (Lipinski definition) is 5. The van der Waals surface area contributed by atoms with Gasteiger partial charge in [-0.2, -0.15) is 0 Å². The van der Waals surface area contributed by atoms with E-state index < -0.39 is 5.91 Å². The van der Waals surface area contributed by atoms with Gasteiger partial charge in [-0.05, 0) is 56.6 Å². The Labute approximate surface area is 197 Å². The highest BCUT2D eigenvalue weighted by molar-refractivity contribution is 6.42. The summed E-state index contributed by atoms with van der Waals surface area (Å²) >= 11 is 12.0. The molecule has 1 aromatic heterocycles. The highest BCUT2D eigenvalue weighted by Crippen LogP contribution is 2.28. The molecule has 0 atom stereocenters. The first-order valence-corrected chi connectivity index (χ1v) is 11.4. The van der Waals surface area contributed by atoms with Gasteiger partial charge in [0.15, 0.2) is 5.75 Å². The smallest absolute Gasteiger partial charge is 0.279 e. The Kier molecular flexibility index (Phi) is 8.81. The molecule has 0 saturated carbocycles. The highest BCUT2D eigenvalue weighted by atomic mass is 35.5. The van der Waals surface area contributed by atoms with Crippen LogP contribution in [0.1, 0.15) is 52.1 Å². The Morgan fingerprint density at radius 1 is 1.12 bits per heavy atom. The van der Waals surface area contributed by atoms with E-state index in [0.29, 0.717) is 22.2 Å². The largest absolute Gasteiger partial charge is 0.486 e. The molecule has 0 spiro atoms. The standard InChI is InChI=1S/C22H28Cl2N4O4/c1-27-13-16(21(29)26-31)20(32-14-15-6-7-17(23)18(24)12-15)19(27)22(30)25-8-5-11-28-9-3-2-4-10-28/h6-7,12-13,31H,2-5,8-11,14H2,1H3,(H,25,30)(H,26,29). The topological polar surface area (TPSA) is 95.8 Å². The van der Waals surface area contributed by atoms with Gasteiger partial charge in [-0.1, -0.05) is 35.7 Å². The van der Waals surface area contributed by atoms with Gasteiger partial charge in [0.25, 0.3) is 11.8 Å². The fourth-order valence-corrected chi connectivity index (χ4v) is 4.11. The SMILES string of the molecule is Cn1cc(C(=O)NO)c(OCc2ccc(Cl)c(Cl)c2)c1C(=O)NCCCN1CCCCC1. The Morgan fingerprint density at radius 2 is 1.88 bits per heavy atom. The van der Waals surface area contributed by atoms with Crippen LogP contribution in [0.2, 0.25) is 10.0 Å². The Hall–Kier alpha value is -2.26. The molecule has 1 aliphatic heterocycles. The number of halogens is 2. The van der Waals surface area contributed by atoms with E-state index >= 15 is 0 Å². The lowest BCUT2D eigenvalue weighted by atomic mass is 10.1. The molecule has 3 rings (SSSR count). The number of carbonyl (C=O) groups excluding carboxylic acids is 2. The van der Waals surface area contributed by atoms with Crippen molar-refractivity contribution < 1.29 is 19.5 Å². The first-order valence-electron chi connectivity index (χ1n) is 10.6. The van der Waals surface area contributed by atoms with Crippen LogP contribution in [0.15, 0.2) is 24.4 Å². The number of amides is 2. The molecule has 1 aromatic carbocycles. The minimum absolute atomic E-state index is 0.0496. The second-order valence-electron chi connectivity index (χ2n) is 7.82. The van der Waals surface area contributed by atoms with E-state index in [2.05, 4.69) is 10.2 Å². The molecular weight excluding hydrogens is 455 g/mol. The number of aromatic nitrogens is 1. The molecule has 3 N–H and O–H groups in total. The van der Waals surface area contributed by atoms with Crippen LogP contribution >= 0.6 is 23.2 Å². The Balaban J connectivity index is 1.69. The van der Waals surface area contributed by atoms with Crippen LogP contribution in [-0.2, 0) is 13.7 Å². The van der Waals surface area contributed by atoms with Crippen LogP contribution in [0.3, 0.4) is 0 Å². The molecule has 0 unspecified atom stereocenters. The first-order chi connectivity index (χ1) is 15.4. The molecule has 2 heterocycles. The molecule has 1 saturated heterocycles. The van der Waals surface area contributed by atoms with E-state index in [9.17, 15) is 9.59 Å². The molecule has 0 bridgehead atoms. The number of nitrogens with one attached hydrogen (secondary N) is 2. The fourth-order valence-electron chi connectivity index (χ4n) is 3.79. The third-order valence-electron chi connectivity index (χ3n) is 5.45. The summed E-state index contributed by atoms with van der Waals surface area (Å²) in [5, 5.41) is 12.8. The maximum Gasteiger partial charge on any atom is 0.279 e. The molecule has 10 heteroatoms. The third kappa shape index (κ3) is 6.16. The summed E-state index contributed by atoms with van der Waals surface area (Å²) in [6.45, 7) is 3.72. The van der Waals surface area contributed by atoms with Crippen molar-refractivity contribution in [3.05, 3.63) is 51.3 Å². The molecule has 0 aliphatic carbocycles. The van der Waals surface area contributed by atoms with Gasteiger partial charge in [-0.25, -0.2) is 5.48 Å². The second-order valence-corrected chi connectivity index (χ2v) is 8.64. The lowest BCUT2D eigenvalue weighted by molar-refractivity contribution is 0.0702. The number of hydrogen-bond donors (Lipinski definition) is 3. The average Bonchev–Trinajstić information content (AvgIpc) is 3.13. The van der Waals surface area contributed by atoms with Gasteiger partial charge in [0, 0.05) is 19.8 Å². The Bertz CT molecular complexity index is 958. The van der Waals surface area contributed by atoms with Crippen molar-refractivity contribution in [3.8, 4) is 5.75 Å². The summed E-state index contributed by atoms with van der Waals surface area (Å²) in [7, 11) is 1.64. The van der Waals surface area contributed by atoms with E-state index in [-0.39, 0.29) is 29.5 Å². The lowest BCUT2D eigenvalue weighted by Crippen LogP contribution is -2.33. The van der Waals surface area contributed by atoms with Gasteiger partial charge in [0.2, 0.25) is 0 Å². The summed E-state index contributed by atoms with van der Waals surface area (Å²) in [5.41, 5.74) is 2.56. The minimum Gasteiger partial charge on any atom is -0.486 e. The molecule has 0 radical (unpaired) electrons. The molecule has 2 aromatic rings. The maximum atomic E-state index is 12.9. The molecule has 1 aliphatic rings. The van der Waals surface area contributed by atoms with E-state index in [1.807, 2.05) is 0 Å². The number of piperidine rings is 1. The van der Waals surface area contributed by atoms with Gasteiger partial charge >= 0.3 is 0 Å². The number of nitrogens with zero attached hydrogens (tertiary/aromatic N) is 2. The van der Waals surface area contributed by atoms with Crippen molar-refractivity contribution >= 4 is 35.0 Å². The fraction of sp³-hybridized carbons (Fsp3) is 0.455. The number of carbonyl (C=O) groups is 2. The third-order valence-corrected chi connectivity index (χ3v) is 6.19. The average molecular weight is 483 g/mol. The zero-order valence-electron chi connectivity index (χ0n) is 18.0. The van der Waals surface area contributed by atoms with E-state index in [4.69, 9.17) is 33.1 Å². The van der Waals surface area contributed by atoms with Crippen molar-refractivity contribution in [3.63, 3.8) is 0 Å². The summed E-state index contributed by atoms with van der Waals surface area (Å²) in [4.78, 5) is 27.5. The molecule has 174 valence electrons. The van der Waals surface area contributed by atoms with Gasteiger partial charge in [-0.15, -0.1) is 0 Å². The van der Waals surface area contributed by atoms with Gasteiger partial charge < -0.3 is 19.5 Å². The summed E-state index contributed by atoms with van der Waals surface area (Å²) in [6.07, 6.45) is 6.02. The minimum atomic E-state index is -0.770. The predicted molar refractivity (Wildman–Crippen MR) is 123 cm³/mol. The van der Waals surface area contributed by atoms with Crippen LogP contribution in [0.4, 0.5) is 0 Å². The van der Waals surface area contributed by atoms with Crippen molar-refractivity contribution in [2.24, 2.45) is 7.05 Å². The van der Waals surface area contributed by atoms with Crippen molar-refractivity contribution in [1.82, 2.24) is 20.3 Å². The molecule has 32 heavy (non-hydrogen) atoms. The van der Waals surface area contributed by atoms with E-state index in [1.165, 1.54) is 30.0 Å². The monoisotopic (exact) mass is 482 g/mol. The molecule has 2 amide bonds. The predicted octanol–water partition coefficient (Wildman–Crippen LogP) is 3.64. The van der Waals surface area contributed by atoms with Crippen LogP contribution < -0.4 is 15.5 Å². The van der Waals surface area contributed by atoms with E-state index in [1.54, 1.807) is 30.7 Å². The van der Waals surface area contributed by atoms with Crippen LogP contribution in [0, 0.1) is 0 Å². The van der Waals surface area contributed by atoms with Crippen LogP contribution in [0.25, 0.3) is 0 Å². The number of ether oxygens (including phenoxy) is 1. The number of benzene rings is 1. The second kappa shape index (κ2) is 11.6. The molecular formula is C22H28Cl2N4O4. The number of likely N-dealkylation sites (tertiary alicyclic amines) is 1. The number of hydroxylamine groups is 1. The van der Waals surface area contributed by atoms with Crippen molar-refractivity contribution in [1.29, 1.82) is 0 Å². The normalized spacial score (nSPS) is 14.2. The maximum absolute atomic E-state index is 12.9. The zero-order chi connectivity index (χ0) is 23.1. The van der Waals surface area contributed by atoms with Crippen molar-refractivity contribution in [2.45, 2.75) is 32.3 Å². The number of aryl methyl sites for hydroxylation is 1. The first kappa shape index (κ1) is 24.4.